The van der Waals surface area contributed by atoms with Crippen molar-refractivity contribution in [1.82, 2.24) is 20.0 Å². The molecule has 18 heavy (non-hydrogen) atoms. The molecule has 0 aliphatic carbocycles. The molecule has 0 fully saturated rings. The van der Waals surface area contributed by atoms with E-state index in [1.165, 1.54) is 4.68 Å². The number of aryl methyl sites for hydroxylation is 2. The van der Waals surface area contributed by atoms with Crippen molar-refractivity contribution >= 4 is 21.7 Å². The monoisotopic (exact) mass is 270 g/mol. The van der Waals surface area contributed by atoms with Crippen molar-refractivity contribution in [3.63, 3.8) is 0 Å². The molecule has 2 aromatic heterocycles. The molecule has 8 nitrogen and oxygen atoms in total. The highest BCUT2D eigenvalue weighted by Gasteiger charge is 2.25. The zero-order valence-corrected chi connectivity index (χ0v) is 11.0. The Bertz CT molecular complexity index is 684. The van der Waals surface area contributed by atoms with E-state index in [4.69, 9.17) is 5.73 Å². The first-order chi connectivity index (χ1) is 8.31. The molecule has 0 saturated heterocycles. The van der Waals surface area contributed by atoms with E-state index >= 15 is 0 Å². The van der Waals surface area contributed by atoms with Gasteiger partial charge in [-0.25, -0.2) is 8.42 Å². The van der Waals surface area contributed by atoms with Gasteiger partial charge in [-0.05, 0) is 13.8 Å². The van der Waals surface area contributed by atoms with Crippen LogP contribution in [0.1, 0.15) is 11.4 Å². The molecule has 0 aliphatic rings. The standard InChI is InChI=1S/C9H14N6O2S/c1-5-4-7(12-11-5)14-18(16,17)8-6(2)15(3)13-9(8)10/h4H,1-3H3,(H2,10,13)(H2,11,12,14). The van der Waals surface area contributed by atoms with Gasteiger partial charge in [0.15, 0.2) is 16.5 Å². The van der Waals surface area contributed by atoms with E-state index in [1.54, 1.807) is 27.0 Å². The summed E-state index contributed by atoms with van der Waals surface area (Å²) < 4.78 is 28.1. The first-order valence-electron chi connectivity index (χ1n) is 5.15. The number of aromatic amines is 1. The third-order valence-corrected chi connectivity index (χ3v) is 4.04. The lowest BCUT2D eigenvalue weighted by Gasteiger charge is -2.05. The lowest BCUT2D eigenvalue weighted by Crippen LogP contribution is -2.15. The molecule has 0 saturated carbocycles. The molecule has 0 radical (unpaired) electrons. The van der Waals surface area contributed by atoms with Gasteiger partial charge >= 0.3 is 0 Å². The van der Waals surface area contributed by atoms with Crippen molar-refractivity contribution in [2.24, 2.45) is 7.05 Å². The fourth-order valence-corrected chi connectivity index (χ4v) is 2.92. The van der Waals surface area contributed by atoms with E-state index in [0.717, 1.165) is 5.69 Å². The van der Waals surface area contributed by atoms with Crippen LogP contribution in [0.5, 0.6) is 0 Å². The number of nitrogens with one attached hydrogen (secondary N) is 2. The van der Waals surface area contributed by atoms with Crippen molar-refractivity contribution in [2.45, 2.75) is 18.7 Å². The minimum absolute atomic E-state index is 0.0225. The van der Waals surface area contributed by atoms with Crippen LogP contribution in [0.15, 0.2) is 11.0 Å². The van der Waals surface area contributed by atoms with Gasteiger partial charge in [0.2, 0.25) is 0 Å². The molecular weight excluding hydrogens is 256 g/mol. The lowest BCUT2D eigenvalue weighted by atomic mass is 10.5. The molecule has 2 aromatic rings. The predicted molar refractivity (Wildman–Crippen MR) is 66.5 cm³/mol. The van der Waals surface area contributed by atoms with Gasteiger partial charge in [-0.15, -0.1) is 0 Å². The van der Waals surface area contributed by atoms with E-state index < -0.39 is 10.0 Å². The molecule has 0 aromatic carbocycles. The normalized spacial score (nSPS) is 11.7. The molecule has 9 heteroatoms. The van der Waals surface area contributed by atoms with Gasteiger partial charge in [0.25, 0.3) is 10.0 Å². The highest BCUT2D eigenvalue weighted by Crippen LogP contribution is 2.23. The summed E-state index contributed by atoms with van der Waals surface area (Å²) in [6.45, 7) is 3.40. The smallest absolute Gasteiger partial charge is 0.268 e. The fraction of sp³-hybridized carbons (Fsp3) is 0.333. The van der Waals surface area contributed by atoms with Crippen LogP contribution in [0, 0.1) is 13.8 Å². The van der Waals surface area contributed by atoms with Crippen molar-refractivity contribution < 1.29 is 8.42 Å². The van der Waals surface area contributed by atoms with Gasteiger partial charge < -0.3 is 5.73 Å². The Hall–Kier alpha value is -2.03. The highest BCUT2D eigenvalue weighted by molar-refractivity contribution is 7.93. The Morgan fingerprint density at radius 3 is 2.56 bits per heavy atom. The summed E-state index contributed by atoms with van der Waals surface area (Å²) in [5.41, 5.74) is 6.83. The van der Waals surface area contributed by atoms with Crippen molar-refractivity contribution in [1.29, 1.82) is 0 Å². The molecule has 0 spiro atoms. The largest absolute Gasteiger partial charge is 0.381 e. The van der Waals surface area contributed by atoms with Crippen LogP contribution in [0.3, 0.4) is 0 Å². The van der Waals surface area contributed by atoms with Crippen molar-refractivity contribution in [3.05, 3.63) is 17.5 Å². The quantitative estimate of drug-likeness (QED) is 0.733. The number of nitrogens with zero attached hydrogens (tertiary/aromatic N) is 3. The average molecular weight is 270 g/mol. The summed E-state index contributed by atoms with van der Waals surface area (Å²) in [5, 5.41) is 10.3. The van der Waals surface area contributed by atoms with Gasteiger partial charge in [0, 0.05) is 18.8 Å². The minimum atomic E-state index is -3.78. The summed E-state index contributed by atoms with van der Waals surface area (Å²) in [5.74, 6) is 0.185. The lowest BCUT2D eigenvalue weighted by molar-refractivity contribution is 0.600. The Kier molecular flexibility index (Phi) is 2.77. The van der Waals surface area contributed by atoms with Gasteiger partial charge in [0.05, 0.1) is 5.69 Å². The molecule has 2 heterocycles. The number of sulfonamides is 1. The number of rotatable bonds is 3. The van der Waals surface area contributed by atoms with Crippen molar-refractivity contribution in [2.75, 3.05) is 10.5 Å². The second-order valence-corrected chi connectivity index (χ2v) is 5.58. The predicted octanol–water partition coefficient (Wildman–Crippen LogP) is 0.143. The summed E-state index contributed by atoms with van der Waals surface area (Å²) >= 11 is 0. The average Bonchev–Trinajstić information content (AvgIpc) is 2.72. The number of nitrogens with two attached hydrogens (primary N) is 1. The maximum atomic E-state index is 12.2. The van der Waals surface area contributed by atoms with Crippen LogP contribution in [0.2, 0.25) is 0 Å². The molecule has 2 rings (SSSR count). The molecule has 0 amide bonds. The number of aromatic nitrogens is 4. The number of anilines is 2. The van der Waals surface area contributed by atoms with Gasteiger partial charge in [-0.3, -0.25) is 14.5 Å². The molecule has 0 unspecified atom stereocenters. The number of hydrogen-bond donors (Lipinski definition) is 3. The van der Waals surface area contributed by atoms with Gasteiger partial charge in [0.1, 0.15) is 0 Å². The Morgan fingerprint density at radius 2 is 2.11 bits per heavy atom. The van der Waals surface area contributed by atoms with Crippen LogP contribution in [-0.4, -0.2) is 28.4 Å². The maximum absolute atomic E-state index is 12.2. The Balaban J connectivity index is 2.43. The third-order valence-electron chi connectivity index (χ3n) is 2.52. The van der Waals surface area contributed by atoms with Gasteiger partial charge in [-0.1, -0.05) is 0 Å². The molecule has 0 atom stereocenters. The maximum Gasteiger partial charge on any atom is 0.268 e. The number of nitrogen functional groups attached to an aromatic ring is 1. The van der Waals surface area contributed by atoms with Crippen LogP contribution >= 0.6 is 0 Å². The second-order valence-electron chi connectivity index (χ2n) is 3.97. The number of H-pyrrole nitrogens is 1. The molecule has 0 bridgehead atoms. The Labute approximate surface area is 104 Å². The van der Waals surface area contributed by atoms with E-state index in [0.29, 0.717) is 5.69 Å². The summed E-state index contributed by atoms with van der Waals surface area (Å²) in [4.78, 5) is -0.0225. The first-order valence-corrected chi connectivity index (χ1v) is 6.63. The summed E-state index contributed by atoms with van der Waals surface area (Å²) in [7, 11) is -2.15. The highest BCUT2D eigenvalue weighted by atomic mass is 32.2. The molecular formula is C9H14N6O2S. The molecule has 0 aliphatic heterocycles. The van der Waals surface area contributed by atoms with Crippen LogP contribution < -0.4 is 10.5 Å². The zero-order valence-electron chi connectivity index (χ0n) is 10.2. The van der Waals surface area contributed by atoms with E-state index in [9.17, 15) is 8.42 Å². The summed E-state index contributed by atoms with van der Waals surface area (Å²) in [6.07, 6.45) is 0. The third kappa shape index (κ3) is 2.04. The number of hydrogen-bond acceptors (Lipinski definition) is 5. The van der Waals surface area contributed by atoms with Crippen LogP contribution in [0.25, 0.3) is 0 Å². The van der Waals surface area contributed by atoms with Gasteiger partial charge in [-0.2, -0.15) is 10.2 Å². The first kappa shape index (κ1) is 12.4. The van der Waals surface area contributed by atoms with Crippen LogP contribution in [-0.2, 0) is 17.1 Å². The fourth-order valence-electron chi connectivity index (χ4n) is 1.61. The minimum Gasteiger partial charge on any atom is -0.381 e. The van der Waals surface area contributed by atoms with Crippen LogP contribution in [0.4, 0.5) is 11.6 Å². The SMILES string of the molecule is Cc1cc(NS(=O)(=O)c2c(N)nn(C)c2C)n[nH]1. The molecule has 98 valence electrons. The van der Waals surface area contributed by atoms with E-state index in [-0.39, 0.29) is 16.5 Å². The van der Waals surface area contributed by atoms with Crippen molar-refractivity contribution in [3.8, 4) is 0 Å². The summed E-state index contributed by atoms with van der Waals surface area (Å²) in [6, 6.07) is 1.58. The topological polar surface area (TPSA) is 119 Å². The van der Waals surface area contributed by atoms with E-state index in [1.807, 2.05) is 0 Å². The molecule has 4 N–H and O–H groups in total. The zero-order chi connectivity index (χ0) is 13.5. The second kappa shape index (κ2) is 4.02. The Morgan fingerprint density at radius 1 is 1.44 bits per heavy atom. The van der Waals surface area contributed by atoms with E-state index in [2.05, 4.69) is 20.0 Å².